The summed E-state index contributed by atoms with van der Waals surface area (Å²) in [5.41, 5.74) is 4.56. The van der Waals surface area contributed by atoms with Crippen LogP contribution in [-0.2, 0) is 17.6 Å². The molecule has 2 aromatic rings. The van der Waals surface area contributed by atoms with Crippen molar-refractivity contribution in [3.8, 4) is 11.5 Å². The van der Waals surface area contributed by atoms with E-state index in [2.05, 4.69) is 19.1 Å². The van der Waals surface area contributed by atoms with Crippen LogP contribution in [0, 0.1) is 0 Å². The molecule has 0 heterocycles. The van der Waals surface area contributed by atoms with Crippen LogP contribution in [0.2, 0.25) is 0 Å². The number of carbonyl (C=O) groups is 1. The van der Waals surface area contributed by atoms with Crippen molar-refractivity contribution in [1.82, 2.24) is 0 Å². The smallest absolute Gasteiger partial charge is 0.149 e. The van der Waals surface area contributed by atoms with E-state index in [4.69, 9.17) is 4.74 Å². The number of fused-ring (bicyclic) bond motifs is 5. The highest BCUT2D eigenvalue weighted by Gasteiger charge is 2.53. The van der Waals surface area contributed by atoms with Gasteiger partial charge in [-0.15, -0.1) is 0 Å². The van der Waals surface area contributed by atoms with E-state index in [0.717, 1.165) is 54.7 Å². The van der Waals surface area contributed by atoms with Crippen molar-refractivity contribution in [2.45, 2.75) is 44.4 Å². The average molecular weight is 322 g/mol. The largest absolute Gasteiger partial charge is 0.508 e. The van der Waals surface area contributed by atoms with Gasteiger partial charge in [0.2, 0.25) is 0 Å². The van der Waals surface area contributed by atoms with Crippen LogP contribution in [-0.4, -0.2) is 17.5 Å². The molecule has 0 amide bonds. The molecule has 24 heavy (non-hydrogen) atoms. The van der Waals surface area contributed by atoms with Crippen LogP contribution >= 0.6 is 0 Å². The Hall–Kier alpha value is -2.29. The van der Waals surface area contributed by atoms with Gasteiger partial charge in [-0.05, 0) is 65.8 Å². The van der Waals surface area contributed by atoms with Crippen LogP contribution in [0.5, 0.6) is 11.5 Å². The molecule has 1 fully saturated rings. The lowest BCUT2D eigenvalue weighted by Crippen LogP contribution is -2.04. The maximum atomic E-state index is 12.4. The Morgan fingerprint density at radius 3 is 2.42 bits per heavy atom. The summed E-state index contributed by atoms with van der Waals surface area (Å²) in [4.78, 5) is 12.4. The second-order valence-electron chi connectivity index (χ2n) is 6.80. The van der Waals surface area contributed by atoms with E-state index in [1.165, 1.54) is 5.56 Å². The zero-order valence-corrected chi connectivity index (χ0v) is 13.9. The van der Waals surface area contributed by atoms with Gasteiger partial charge < -0.3 is 9.84 Å². The van der Waals surface area contributed by atoms with Crippen molar-refractivity contribution in [3.05, 3.63) is 58.7 Å². The molecule has 2 aromatic carbocycles. The first kappa shape index (κ1) is 15.3. The molecule has 0 aromatic heterocycles. The average Bonchev–Trinajstić information content (AvgIpc) is 3.22. The number of hydrogen-bond acceptors (Lipinski definition) is 3. The number of benzene rings is 2. The molecule has 0 radical (unpaired) electrons. The fourth-order valence-corrected chi connectivity index (χ4v) is 3.81. The molecular formula is C21H22O3. The van der Waals surface area contributed by atoms with Crippen LogP contribution in [0.3, 0.4) is 0 Å². The molecule has 3 heteroatoms. The van der Waals surface area contributed by atoms with E-state index in [0.29, 0.717) is 5.78 Å². The molecule has 0 spiro atoms. The number of Topliss-reactive ketones (excluding diaryl/α,β-unsaturated/α-hetero) is 1. The second-order valence-corrected chi connectivity index (χ2v) is 6.80. The van der Waals surface area contributed by atoms with Crippen molar-refractivity contribution in [3.63, 3.8) is 0 Å². The maximum Gasteiger partial charge on any atom is 0.149 e. The first-order valence-electron chi connectivity index (χ1n) is 8.80. The molecule has 2 aliphatic rings. The van der Waals surface area contributed by atoms with E-state index in [1.807, 2.05) is 18.2 Å². The summed E-state index contributed by atoms with van der Waals surface area (Å²) in [5, 5.41) is 9.77. The van der Waals surface area contributed by atoms with Crippen LogP contribution < -0.4 is 4.74 Å². The number of phenols is 1. The van der Waals surface area contributed by atoms with Gasteiger partial charge in [0.1, 0.15) is 17.3 Å². The van der Waals surface area contributed by atoms with Crippen molar-refractivity contribution >= 4 is 5.78 Å². The van der Waals surface area contributed by atoms with Crippen molar-refractivity contribution < 1.29 is 14.6 Å². The normalized spacial score (nSPS) is 21.1. The zero-order valence-electron chi connectivity index (χ0n) is 13.9. The lowest BCUT2D eigenvalue weighted by molar-refractivity contribution is -0.110. The van der Waals surface area contributed by atoms with E-state index in [1.54, 1.807) is 6.07 Å². The van der Waals surface area contributed by atoms with Gasteiger partial charge in [0, 0.05) is 0 Å². The number of carbonyl (C=O) groups excluding carboxylic acids is 1. The molecule has 1 saturated carbocycles. The van der Waals surface area contributed by atoms with Gasteiger partial charge in [-0.25, -0.2) is 0 Å². The summed E-state index contributed by atoms with van der Waals surface area (Å²) in [6, 6.07) is 11.6. The number of phenolic OH excluding ortho intramolecular Hbond substituents is 1. The SMILES string of the molecule is CCCCOc1ccc2c(c1)CCc1cc(O)ccc1C1C(=O)C21. The molecule has 0 saturated heterocycles. The van der Waals surface area contributed by atoms with Gasteiger partial charge in [0.05, 0.1) is 18.4 Å². The Kier molecular flexibility index (Phi) is 3.79. The van der Waals surface area contributed by atoms with Gasteiger partial charge in [-0.1, -0.05) is 25.5 Å². The highest BCUT2D eigenvalue weighted by atomic mass is 16.5. The summed E-state index contributed by atoms with van der Waals surface area (Å²) in [7, 11) is 0. The summed E-state index contributed by atoms with van der Waals surface area (Å²) in [6.45, 7) is 2.88. The minimum Gasteiger partial charge on any atom is -0.508 e. The molecule has 0 bridgehead atoms. The molecular weight excluding hydrogens is 300 g/mol. The van der Waals surface area contributed by atoms with E-state index >= 15 is 0 Å². The zero-order chi connectivity index (χ0) is 16.7. The Morgan fingerprint density at radius 1 is 1.04 bits per heavy atom. The minimum absolute atomic E-state index is 0.0201. The number of rotatable bonds is 4. The lowest BCUT2D eigenvalue weighted by Gasteiger charge is -2.17. The molecule has 2 aliphatic carbocycles. The van der Waals surface area contributed by atoms with E-state index in [-0.39, 0.29) is 17.6 Å². The molecule has 0 aliphatic heterocycles. The third kappa shape index (κ3) is 2.58. The van der Waals surface area contributed by atoms with E-state index in [9.17, 15) is 9.90 Å². The van der Waals surface area contributed by atoms with Crippen molar-refractivity contribution in [2.75, 3.05) is 6.61 Å². The molecule has 2 unspecified atom stereocenters. The Balaban J connectivity index is 1.66. The van der Waals surface area contributed by atoms with Crippen molar-refractivity contribution in [2.24, 2.45) is 0 Å². The minimum atomic E-state index is -0.0356. The van der Waals surface area contributed by atoms with Crippen LogP contribution in [0.15, 0.2) is 36.4 Å². The third-order valence-corrected chi connectivity index (χ3v) is 5.18. The monoisotopic (exact) mass is 322 g/mol. The second kappa shape index (κ2) is 5.97. The Bertz CT molecular complexity index is 794. The number of unbranched alkanes of at least 4 members (excludes halogenated alkanes) is 1. The molecule has 1 N–H and O–H groups in total. The maximum absolute atomic E-state index is 12.4. The summed E-state index contributed by atoms with van der Waals surface area (Å²) >= 11 is 0. The highest BCUT2D eigenvalue weighted by Crippen LogP contribution is 2.54. The number of ether oxygens (including phenoxy) is 1. The van der Waals surface area contributed by atoms with E-state index < -0.39 is 0 Å². The van der Waals surface area contributed by atoms with Crippen molar-refractivity contribution in [1.29, 1.82) is 0 Å². The Morgan fingerprint density at radius 2 is 1.71 bits per heavy atom. The van der Waals surface area contributed by atoms with Crippen LogP contribution in [0.25, 0.3) is 0 Å². The highest BCUT2D eigenvalue weighted by molar-refractivity contribution is 6.09. The molecule has 2 atom stereocenters. The fraction of sp³-hybridized carbons (Fsp3) is 0.381. The molecule has 3 nitrogen and oxygen atoms in total. The lowest BCUT2D eigenvalue weighted by atomic mass is 9.89. The van der Waals surface area contributed by atoms with Gasteiger partial charge in [-0.2, -0.15) is 0 Å². The topological polar surface area (TPSA) is 46.5 Å². The first-order valence-corrected chi connectivity index (χ1v) is 8.80. The summed E-state index contributed by atoms with van der Waals surface area (Å²) < 4.78 is 5.82. The molecule has 4 rings (SSSR count). The number of ketones is 1. The van der Waals surface area contributed by atoms with Crippen LogP contribution in [0.1, 0.15) is 53.9 Å². The number of aromatic hydroxyl groups is 1. The van der Waals surface area contributed by atoms with Gasteiger partial charge in [-0.3, -0.25) is 4.79 Å². The standard InChI is InChI=1S/C21H22O3/c1-2-3-10-24-16-7-9-18-14(12-16)5-4-13-11-15(22)6-8-17(13)19-20(18)21(19)23/h6-9,11-12,19-20,22H,2-5,10H2,1H3. The van der Waals surface area contributed by atoms with Gasteiger partial charge in [0.15, 0.2) is 0 Å². The first-order chi connectivity index (χ1) is 11.7. The summed E-state index contributed by atoms with van der Waals surface area (Å²) in [6.07, 6.45) is 3.87. The van der Waals surface area contributed by atoms with Crippen LogP contribution in [0.4, 0.5) is 0 Å². The fourth-order valence-electron chi connectivity index (χ4n) is 3.81. The summed E-state index contributed by atoms with van der Waals surface area (Å²) in [5.74, 6) is 1.41. The third-order valence-electron chi connectivity index (χ3n) is 5.18. The van der Waals surface area contributed by atoms with Gasteiger partial charge >= 0.3 is 0 Å². The molecule has 124 valence electrons. The Labute approximate surface area is 142 Å². The number of aryl methyl sites for hydroxylation is 2. The predicted octanol–water partition coefficient (Wildman–Crippen LogP) is 4.12. The predicted molar refractivity (Wildman–Crippen MR) is 92.8 cm³/mol. The number of hydrogen-bond donors (Lipinski definition) is 1. The van der Waals surface area contributed by atoms with Gasteiger partial charge in [0.25, 0.3) is 0 Å². The quantitative estimate of drug-likeness (QED) is 0.861.